The van der Waals surface area contributed by atoms with Crippen LogP contribution in [-0.2, 0) is 20.2 Å². The van der Waals surface area contributed by atoms with E-state index in [1.165, 1.54) is 17.2 Å². The largest absolute Gasteiger partial charge is 0.422 e. The van der Waals surface area contributed by atoms with Gasteiger partial charge in [-0.3, -0.25) is 4.57 Å². The summed E-state index contributed by atoms with van der Waals surface area (Å²) in [4.78, 5) is 12.7. The number of nitrogens with zero attached hydrogens (tertiary/aromatic N) is 6. The molecule has 1 fully saturated rings. The van der Waals surface area contributed by atoms with Crippen molar-refractivity contribution in [1.82, 2.24) is 34.4 Å². The molecule has 14 nitrogen and oxygen atoms in total. The van der Waals surface area contributed by atoms with E-state index in [9.17, 15) is 18.6 Å². The number of rotatable bonds is 8. The smallest absolute Gasteiger partial charge is 0.248 e. The first-order chi connectivity index (χ1) is 16.0. The first-order valence-electron chi connectivity index (χ1n) is 10.8. The maximum atomic E-state index is 11.8. The number of aliphatic hydroxyl groups excluding tert-OH is 2. The zero-order valence-corrected chi connectivity index (χ0v) is 20.0. The lowest BCUT2D eigenvalue weighted by Gasteiger charge is -2.16. The van der Waals surface area contributed by atoms with E-state index >= 15 is 0 Å². The van der Waals surface area contributed by atoms with E-state index in [0.717, 1.165) is 0 Å². The summed E-state index contributed by atoms with van der Waals surface area (Å²) < 4.78 is 39.2. The first-order valence-corrected chi connectivity index (χ1v) is 12.4. The fourth-order valence-corrected chi connectivity index (χ4v) is 4.46. The molecule has 3 aromatic rings. The highest BCUT2D eigenvalue weighted by molar-refractivity contribution is 7.89. The SMILES string of the molecule is CCNS(=O)(=O)CCNc1ncnc2c1ncn2[C@@H]1O[C@H](c2nnc(C(C)(C)C)o2)[C@@H](O)[C@H]1O. The molecule has 4 N–H and O–H groups in total. The maximum absolute atomic E-state index is 11.8. The molecule has 0 aliphatic carbocycles. The van der Waals surface area contributed by atoms with Gasteiger partial charge < -0.3 is 24.7 Å². The van der Waals surface area contributed by atoms with Crippen molar-refractivity contribution in [2.24, 2.45) is 0 Å². The average molecular weight is 497 g/mol. The molecule has 0 radical (unpaired) electrons. The summed E-state index contributed by atoms with van der Waals surface area (Å²) in [6, 6.07) is 0. The Hall–Kier alpha value is -2.72. The van der Waals surface area contributed by atoms with Gasteiger partial charge in [-0.05, 0) is 0 Å². The lowest BCUT2D eigenvalue weighted by molar-refractivity contribution is -0.0441. The highest BCUT2D eigenvalue weighted by atomic mass is 32.2. The van der Waals surface area contributed by atoms with Gasteiger partial charge in [0, 0.05) is 18.5 Å². The van der Waals surface area contributed by atoms with Gasteiger partial charge in [0.25, 0.3) is 0 Å². The Balaban J connectivity index is 1.55. The van der Waals surface area contributed by atoms with Gasteiger partial charge in [0.1, 0.15) is 18.5 Å². The number of aromatic nitrogens is 6. The molecule has 0 bridgehead atoms. The Labute approximate surface area is 195 Å². The van der Waals surface area contributed by atoms with E-state index in [1.54, 1.807) is 6.92 Å². The maximum Gasteiger partial charge on any atom is 0.248 e. The van der Waals surface area contributed by atoms with Crippen molar-refractivity contribution < 1.29 is 27.8 Å². The molecule has 3 aromatic heterocycles. The standard InChI is InChI=1S/C19H28N8O6S/c1-5-24-34(30,31)7-6-20-14-10-15(22-8-21-14)27(9-23-10)17-12(29)11(28)13(32-17)16-25-26-18(33-16)19(2,3)4/h8-9,11-13,17,24,28-29H,5-7H2,1-4H3,(H,20,21,22)/t11-,12+,13-,17+/m0/s1. The molecule has 1 saturated heterocycles. The minimum absolute atomic E-state index is 0.0577. The molecular weight excluding hydrogens is 468 g/mol. The lowest BCUT2D eigenvalue weighted by Crippen LogP contribution is -2.29. The van der Waals surface area contributed by atoms with E-state index in [0.29, 0.717) is 29.4 Å². The molecule has 1 aliphatic heterocycles. The van der Waals surface area contributed by atoms with Crippen molar-refractivity contribution in [3.05, 3.63) is 24.4 Å². The van der Waals surface area contributed by atoms with Gasteiger partial charge >= 0.3 is 0 Å². The molecule has 0 aromatic carbocycles. The number of anilines is 1. The Morgan fingerprint density at radius 2 is 1.91 bits per heavy atom. The summed E-state index contributed by atoms with van der Waals surface area (Å²) in [7, 11) is -3.40. The van der Waals surface area contributed by atoms with E-state index in [2.05, 4.69) is 35.2 Å². The summed E-state index contributed by atoms with van der Waals surface area (Å²) in [5.74, 6) is 0.615. The summed E-state index contributed by atoms with van der Waals surface area (Å²) in [6.07, 6.45) is -2.05. The molecular formula is C19H28N8O6S. The second kappa shape index (κ2) is 9.14. The minimum Gasteiger partial charge on any atom is -0.422 e. The summed E-state index contributed by atoms with van der Waals surface area (Å²) in [5, 5.41) is 32.2. The average Bonchev–Trinajstić information content (AvgIpc) is 3.47. The molecule has 4 heterocycles. The third-order valence-electron chi connectivity index (χ3n) is 5.22. The Kier molecular flexibility index (Phi) is 6.56. The van der Waals surface area contributed by atoms with Crippen LogP contribution in [0.1, 0.15) is 51.8 Å². The number of hydrogen-bond donors (Lipinski definition) is 4. The van der Waals surface area contributed by atoms with E-state index in [4.69, 9.17) is 9.15 Å². The Morgan fingerprint density at radius 3 is 2.59 bits per heavy atom. The van der Waals surface area contributed by atoms with E-state index < -0.39 is 34.6 Å². The zero-order valence-electron chi connectivity index (χ0n) is 19.2. The van der Waals surface area contributed by atoms with Crippen LogP contribution in [0.4, 0.5) is 5.82 Å². The van der Waals surface area contributed by atoms with Crippen molar-refractivity contribution >= 4 is 27.0 Å². The second-order valence-electron chi connectivity index (χ2n) is 8.91. The molecule has 15 heteroatoms. The van der Waals surface area contributed by atoms with Gasteiger partial charge in [-0.1, -0.05) is 27.7 Å². The zero-order chi connectivity index (χ0) is 24.7. The van der Waals surface area contributed by atoms with Crippen molar-refractivity contribution in [2.45, 2.75) is 57.6 Å². The van der Waals surface area contributed by atoms with E-state index in [1.807, 2.05) is 20.8 Å². The monoisotopic (exact) mass is 496 g/mol. The first kappa shape index (κ1) is 24.4. The summed E-state index contributed by atoms with van der Waals surface area (Å²) in [5.41, 5.74) is 0.286. The Morgan fingerprint density at radius 1 is 1.15 bits per heavy atom. The van der Waals surface area contributed by atoms with Crippen LogP contribution in [-0.4, -0.2) is 79.4 Å². The fourth-order valence-electron chi connectivity index (χ4n) is 3.51. The van der Waals surface area contributed by atoms with Crippen molar-refractivity contribution in [3.8, 4) is 0 Å². The van der Waals surface area contributed by atoms with Crippen LogP contribution in [0.15, 0.2) is 17.1 Å². The molecule has 1 aliphatic rings. The minimum atomic E-state index is -3.40. The highest BCUT2D eigenvalue weighted by Crippen LogP contribution is 2.40. The number of aliphatic hydroxyl groups is 2. The lowest BCUT2D eigenvalue weighted by atomic mass is 9.97. The van der Waals surface area contributed by atoms with Crippen LogP contribution in [0.5, 0.6) is 0 Å². The van der Waals surface area contributed by atoms with Crippen molar-refractivity contribution in [1.29, 1.82) is 0 Å². The molecule has 0 spiro atoms. The number of nitrogens with one attached hydrogen (secondary N) is 2. The van der Waals surface area contributed by atoms with Gasteiger partial charge in [0.05, 0.1) is 12.1 Å². The van der Waals surface area contributed by atoms with Crippen LogP contribution in [0.3, 0.4) is 0 Å². The fraction of sp³-hybridized carbons (Fsp3) is 0.632. The molecule has 34 heavy (non-hydrogen) atoms. The van der Waals surface area contributed by atoms with Gasteiger partial charge in [-0.25, -0.2) is 28.1 Å². The third-order valence-corrected chi connectivity index (χ3v) is 6.69. The quantitative estimate of drug-likeness (QED) is 0.323. The number of fused-ring (bicyclic) bond motifs is 1. The predicted molar refractivity (Wildman–Crippen MR) is 119 cm³/mol. The second-order valence-corrected chi connectivity index (χ2v) is 10.8. The third kappa shape index (κ3) is 4.74. The molecule has 4 rings (SSSR count). The van der Waals surface area contributed by atoms with Crippen molar-refractivity contribution in [2.75, 3.05) is 24.2 Å². The van der Waals surface area contributed by atoms with Gasteiger partial charge in [-0.2, -0.15) is 0 Å². The topological polar surface area (TPSA) is 190 Å². The summed E-state index contributed by atoms with van der Waals surface area (Å²) in [6.45, 7) is 7.84. The van der Waals surface area contributed by atoms with Gasteiger partial charge in [0.15, 0.2) is 29.3 Å². The van der Waals surface area contributed by atoms with Crippen LogP contribution in [0.2, 0.25) is 0 Å². The highest BCUT2D eigenvalue weighted by Gasteiger charge is 2.48. The molecule has 186 valence electrons. The van der Waals surface area contributed by atoms with Crippen molar-refractivity contribution in [3.63, 3.8) is 0 Å². The van der Waals surface area contributed by atoms with Gasteiger partial charge in [-0.15, -0.1) is 10.2 Å². The van der Waals surface area contributed by atoms with E-state index in [-0.39, 0.29) is 23.6 Å². The van der Waals surface area contributed by atoms with Gasteiger partial charge in [0.2, 0.25) is 21.8 Å². The van der Waals surface area contributed by atoms with Crippen LogP contribution in [0, 0.1) is 0 Å². The van der Waals surface area contributed by atoms with Crippen LogP contribution in [0.25, 0.3) is 11.2 Å². The number of sulfonamides is 1. The number of imidazole rings is 1. The molecule has 0 saturated carbocycles. The number of ether oxygens (including phenoxy) is 1. The summed E-state index contributed by atoms with van der Waals surface area (Å²) >= 11 is 0. The number of hydrogen-bond acceptors (Lipinski definition) is 12. The molecule has 4 atom stereocenters. The molecule has 0 amide bonds. The Bertz CT molecular complexity index is 1250. The molecule has 0 unspecified atom stereocenters. The normalized spacial score (nSPS) is 23.6. The van der Waals surface area contributed by atoms with Crippen LogP contribution >= 0.6 is 0 Å². The van der Waals surface area contributed by atoms with Crippen LogP contribution < -0.4 is 10.0 Å². The predicted octanol–water partition coefficient (Wildman–Crippen LogP) is -0.150.